The molecule has 0 aliphatic carbocycles. The first-order chi connectivity index (χ1) is 15.9. The van der Waals surface area contributed by atoms with E-state index in [1.807, 2.05) is 30.3 Å². The van der Waals surface area contributed by atoms with Crippen molar-refractivity contribution in [1.29, 1.82) is 0 Å². The summed E-state index contributed by atoms with van der Waals surface area (Å²) in [6.45, 7) is 5.42. The Kier molecular flexibility index (Phi) is 9.07. The van der Waals surface area contributed by atoms with Crippen molar-refractivity contribution in [2.24, 2.45) is 5.92 Å². The van der Waals surface area contributed by atoms with E-state index in [4.69, 9.17) is 4.74 Å². The Balaban J connectivity index is 1.62. The molecule has 3 aromatic carbocycles. The van der Waals surface area contributed by atoms with Crippen molar-refractivity contribution in [2.45, 2.75) is 26.7 Å². The molecular formula is C27H29BrN2O3. The zero-order valence-corrected chi connectivity index (χ0v) is 20.5. The standard InChI is InChI=1S/C27H29BrN2O3/c1-19(2)15-17-33-25-13-12-21(18-23(25)28)26(31)30-24-11-7-6-10-22(24)27(32)29-16-14-20-8-4-3-5-9-20/h3-13,18-19H,14-17H2,1-2H3,(H,29,32)(H,30,31). The molecule has 33 heavy (non-hydrogen) atoms. The lowest BCUT2D eigenvalue weighted by atomic mass is 10.1. The monoisotopic (exact) mass is 508 g/mol. The quantitative estimate of drug-likeness (QED) is 0.347. The molecule has 0 unspecified atom stereocenters. The highest BCUT2D eigenvalue weighted by molar-refractivity contribution is 9.10. The molecule has 2 amide bonds. The topological polar surface area (TPSA) is 67.4 Å². The van der Waals surface area contributed by atoms with Crippen LogP contribution >= 0.6 is 15.9 Å². The van der Waals surface area contributed by atoms with Gasteiger partial charge in [0.1, 0.15) is 5.75 Å². The number of hydrogen-bond acceptors (Lipinski definition) is 3. The summed E-state index contributed by atoms with van der Waals surface area (Å²) in [5.41, 5.74) is 2.51. The Morgan fingerprint density at radius 1 is 0.939 bits per heavy atom. The molecule has 2 N–H and O–H groups in total. The molecule has 172 valence electrons. The Morgan fingerprint density at radius 2 is 1.67 bits per heavy atom. The smallest absolute Gasteiger partial charge is 0.255 e. The van der Waals surface area contributed by atoms with E-state index in [1.165, 1.54) is 0 Å². The van der Waals surface area contributed by atoms with Gasteiger partial charge in [-0.1, -0.05) is 56.3 Å². The number of para-hydroxylation sites is 1. The highest BCUT2D eigenvalue weighted by atomic mass is 79.9. The maximum Gasteiger partial charge on any atom is 0.255 e. The number of hydrogen-bond donors (Lipinski definition) is 2. The Hall–Kier alpha value is -3.12. The van der Waals surface area contributed by atoms with E-state index < -0.39 is 0 Å². The van der Waals surface area contributed by atoms with Crippen molar-refractivity contribution in [1.82, 2.24) is 5.32 Å². The number of rotatable bonds is 10. The van der Waals surface area contributed by atoms with Gasteiger partial charge in [-0.25, -0.2) is 0 Å². The molecule has 0 saturated carbocycles. The fourth-order valence-electron chi connectivity index (χ4n) is 3.21. The third kappa shape index (κ3) is 7.46. The largest absolute Gasteiger partial charge is 0.492 e. The molecule has 0 atom stereocenters. The number of ether oxygens (including phenoxy) is 1. The summed E-state index contributed by atoms with van der Waals surface area (Å²) in [4.78, 5) is 25.6. The highest BCUT2D eigenvalue weighted by Gasteiger charge is 2.15. The van der Waals surface area contributed by atoms with Gasteiger partial charge in [-0.15, -0.1) is 0 Å². The van der Waals surface area contributed by atoms with Crippen molar-refractivity contribution in [3.63, 3.8) is 0 Å². The number of halogens is 1. The zero-order valence-electron chi connectivity index (χ0n) is 18.9. The first kappa shape index (κ1) is 24.5. The van der Waals surface area contributed by atoms with Crippen LogP contribution in [-0.2, 0) is 6.42 Å². The van der Waals surface area contributed by atoms with Crippen molar-refractivity contribution in [3.8, 4) is 5.75 Å². The molecule has 0 saturated heterocycles. The minimum absolute atomic E-state index is 0.225. The van der Waals surface area contributed by atoms with Crippen LogP contribution in [0.4, 0.5) is 5.69 Å². The molecule has 0 spiro atoms. The SMILES string of the molecule is CC(C)CCOc1ccc(C(=O)Nc2ccccc2C(=O)NCCc2ccccc2)cc1Br. The van der Waals surface area contributed by atoms with Gasteiger partial charge in [0.15, 0.2) is 0 Å². The zero-order chi connectivity index (χ0) is 23.6. The number of carbonyl (C=O) groups excluding carboxylic acids is 2. The molecule has 6 heteroatoms. The van der Waals surface area contributed by atoms with E-state index >= 15 is 0 Å². The second kappa shape index (κ2) is 12.2. The van der Waals surface area contributed by atoms with E-state index in [1.54, 1.807) is 42.5 Å². The van der Waals surface area contributed by atoms with Crippen molar-refractivity contribution in [2.75, 3.05) is 18.5 Å². The van der Waals surface area contributed by atoms with E-state index in [2.05, 4.69) is 40.4 Å². The van der Waals surface area contributed by atoms with Crippen LogP contribution in [-0.4, -0.2) is 25.0 Å². The molecule has 3 aromatic rings. The molecule has 5 nitrogen and oxygen atoms in total. The summed E-state index contributed by atoms with van der Waals surface area (Å²) < 4.78 is 6.50. The van der Waals surface area contributed by atoms with Crippen molar-refractivity contribution in [3.05, 3.63) is 94.0 Å². The summed E-state index contributed by atoms with van der Waals surface area (Å²) in [6, 6.07) is 22.2. The van der Waals surface area contributed by atoms with Gasteiger partial charge in [0, 0.05) is 12.1 Å². The Morgan fingerprint density at radius 3 is 2.39 bits per heavy atom. The molecule has 0 fully saturated rings. The van der Waals surface area contributed by atoms with E-state index in [9.17, 15) is 9.59 Å². The molecule has 0 aliphatic heterocycles. The normalized spacial score (nSPS) is 10.7. The summed E-state index contributed by atoms with van der Waals surface area (Å²) in [6.07, 6.45) is 1.69. The molecule has 3 rings (SSSR count). The van der Waals surface area contributed by atoms with Crippen LogP contribution in [0.2, 0.25) is 0 Å². The molecule has 0 aromatic heterocycles. The molecule has 0 aliphatic rings. The van der Waals surface area contributed by atoms with Crippen LogP contribution < -0.4 is 15.4 Å². The van der Waals surface area contributed by atoms with E-state index in [-0.39, 0.29) is 11.8 Å². The molecule has 0 bridgehead atoms. The molecular weight excluding hydrogens is 480 g/mol. The van der Waals surface area contributed by atoms with Crippen LogP contribution in [0, 0.1) is 5.92 Å². The third-order valence-corrected chi connectivity index (χ3v) is 5.73. The van der Waals surface area contributed by atoms with Gasteiger partial charge in [0.05, 0.1) is 22.3 Å². The molecule has 0 heterocycles. The average Bonchev–Trinajstić information content (AvgIpc) is 2.81. The van der Waals surface area contributed by atoms with Gasteiger partial charge in [-0.3, -0.25) is 9.59 Å². The number of anilines is 1. The van der Waals surface area contributed by atoms with Crippen molar-refractivity contribution < 1.29 is 14.3 Å². The third-order valence-electron chi connectivity index (χ3n) is 5.11. The van der Waals surface area contributed by atoms with Crippen LogP contribution in [0.25, 0.3) is 0 Å². The minimum Gasteiger partial charge on any atom is -0.492 e. The van der Waals surface area contributed by atoms with Gasteiger partial charge in [-0.05, 0) is 70.6 Å². The fourth-order valence-corrected chi connectivity index (χ4v) is 3.70. The van der Waals surface area contributed by atoms with E-state index in [0.29, 0.717) is 46.1 Å². The predicted octanol–water partition coefficient (Wildman–Crippen LogP) is 6.10. The summed E-state index contributed by atoms with van der Waals surface area (Å²) in [5, 5.41) is 5.79. The maximum atomic E-state index is 12.9. The summed E-state index contributed by atoms with van der Waals surface area (Å²) >= 11 is 3.48. The van der Waals surface area contributed by atoms with Crippen LogP contribution in [0.5, 0.6) is 5.75 Å². The van der Waals surface area contributed by atoms with E-state index in [0.717, 1.165) is 18.4 Å². The first-order valence-electron chi connectivity index (χ1n) is 11.1. The average molecular weight is 509 g/mol. The lowest BCUT2D eigenvalue weighted by molar-refractivity contribution is 0.0955. The lowest BCUT2D eigenvalue weighted by Crippen LogP contribution is -2.27. The predicted molar refractivity (Wildman–Crippen MR) is 136 cm³/mol. The van der Waals surface area contributed by atoms with Crippen LogP contribution in [0.15, 0.2) is 77.3 Å². The van der Waals surface area contributed by atoms with Crippen LogP contribution in [0.1, 0.15) is 46.5 Å². The van der Waals surface area contributed by atoms with Gasteiger partial charge in [-0.2, -0.15) is 0 Å². The number of nitrogens with one attached hydrogen (secondary N) is 2. The van der Waals surface area contributed by atoms with Gasteiger partial charge in [0.2, 0.25) is 0 Å². The maximum absolute atomic E-state index is 12.9. The summed E-state index contributed by atoms with van der Waals surface area (Å²) in [7, 11) is 0. The van der Waals surface area contributed by atoms with Crippen molar-refractivity contribution >= 4 is 33.4 Å². The Labute approximate surface area is 203 Å². The van der Waals surface area contributed by atoms with Gasteiger partial charge < -0.3 is 15.4 Å². The van der Waals surface area contributed by atoms with Crippen LogP contribution in [0.3, 0.4) is 0 Å². The van der Waals surface area contributed by atoms with Gasteiger partial charge in [0.25, 0.3) is 11.8 Å². The Bertz CT molecular complexity index is 1080. The minimum atomic E-state index is -0.297. The van der Waals surface area contributed by atoms with Gasteiger partial charge >= 0.3 is 0 Å². The summed E-state index contributed by atoms with van der Waals surface area (Å²) in [5.74, 6) is 0.737. The lowest BCUT2D eigenvalue weighted by Gasteiger charge is -2.13. The molecule has 0 radical (unpaired) electrons. The number of benzene rings is 3. The first-order valence-corrected chi connectivity index (χ1v) is 11.9. The number of amides is 2. The number of carbonyl (C=O) groups is 2. The highest BCUT2D eigenvalue weighted by Crippen LogP contribution is 2.27. The second-order valence-electron chi connectivity index (χ2n) is 8.17. The second-order valence-corrected chi connectivity index (χ2v) is 9.02. The fraction of sp³-hybridized carbons (Fsp3) is 0.259.